The second-order valence-corrected chi connectivity index (χ2v) is 6.21. The first-order valence-corrected chi connectivity index (χ1v) is 5.86. The molecule has 0 saturated heterocycles. The minimum absolute atomic E-state index is 0.117. The molecule has 0 fully saturated rings. The summed E-state index contributed by atoms with van der Waals surface area (Å²) in [5.74, 6) is 0. The first kappa shape index (κ1) is 10.6. The van der Waals surface area contributed by atoms with Crippen LogP contribution in [0.25, 0.3) is 0 Å². The maximum atomic E-state index is 11.5. The highest BCUT2D eigenvalue weighted by atomic mass is 32.2. The van der Waals surface area contributed by atoms with E-state index in [-0.39, 0.29) is 10.8 Å². The quantitative estimate of drug-likeness (QED) is 0.808. The van der Waals surface area contributed by atoms with Crippen molar-refractivity contribution in [2.45, 2.75) is 10.8 Å². The van der Waals surface area contributed by atoms with Crippen molar-refractivity contribution in [1.82, 2.24) is 4.31 Å². The van der Waals surface area contributed by atoms with Crippen molar-refractivity contribution in [3.63, 3.8) is 0 Å². The summed E-state index contributed by atoms with van der Waals surface area (Å²) >= 11 is 1.09. The largest absolute Gasteiger partial charge is 0.391 e. The number of thiophene rings is 1. The summed E-state index contributed by atoms with van der Waals surface area (Å²) in [7, 11) is -0.366. The zero-order valence-electron chi connectivity index (χ0n) is 7.39. The van der Waals surface area contributed by atoms with E-state index in [0.717, 1.165) is 15.6 Å². The van der Waals surface area contributed by atoms with Gasteiger partial charge in [-0.05, 0) is 12.1 Å². The minimum Gasteiger partial charge on any atom is -0.391 e. The molecule has 0 radical (unpaired) electrons. The third kappa shape index (κ3) is 2.08. The van der Waals surface area contributed by atoms with Crippen LogP contribution in [0.3, 0.4) is 0 Å². The molecule has 0 aliphatic rings. The minimum atomic E-state index is -3.33. The van der Waals surface area contributed by atoms with Crippen molar-refractivity contribution in [3.8, 4) is 0 Å². The van der Waals surface area contributed by atoms with Gasteiger partial charge in [-0.3, -0.25) is 0 Å². The van der Waals surface area contributed by atoms with Gasteiger partial charge in [-0.15, -0.1) is 11.3 Å². The van der Waals surface area contributed by atoms with Crippen molar-refractivity contribution in [3.05, 3.63) is 17.0 Å². The Balaban J connectivity index is 3.09. The third-order valence-corrected chi connectivity index (χ3v) is 4.88. The maximum absolute atomic E-state index is 11.5. The van der Waals surface area contributed by atoms with Gasteiger partial charge in [0.1, 0.15) is 4.21 Å². The molecule has 0 aliphatic carbocycles. The number of rotatable bonds is 3. The molecular weight excluding hydrogens is 210 g/mol. The van der Waals surface area contributed by atoms with Gasteiger partial charge in [0.2, 0.25) is 0 Å². The summed E-state index contributed by atoms with van der Waals surface area (Å²) in [4.78, 5) is 0.653. The summed E-state index contributed by atoms with van der Waals surface area (Å²) in [6.45, 7) is -0.117. The lowest BCUT2D eigenvalue weighted by atomic mass is 10.5. The van der Waals surface area contributed by atoms with E-state index in [1.165, 1.54) is 20.2 Å². The lowest BCUT2D eigenvalue weighted by molar-refractivity contribution is 0.285. The first-order valence-electron chi connectivity index (χ1n) is 3.60. The summed E-state index contributed by atoms with van der Waals surface area (Å²) in [6, 6.07) is 3.12. The van der Waals surface area contributed by atoms with Crippen LogP contribution in [-0.4, -0.2) is 31.9 Å². The van der Waals surface area contributed by atoms with Crippen LogP contribution in [-0.2, 0) is 16.6 Å². The molecule has 0 spiro atoms. The van der Waals surface area contributed by atoms with E-state index in [1.807, 2.05) is 0 Å². The molecule has 6 heteroatoms. The summed E-state index contributed by atoms with van der Waals surface area (Å²) < 4.78 is 24.4. The van der Waals surface area contributed by atoms with E-state index in [4.69, 9.17) is 5.11 Å². The topological polar surface area (TPSA) is 57.6 Å². The van der Waals surface area contributed by atoms with E-state index < -0.39 is 10.0 Å². The van der Waals surface area contributed by atoms with Gasteiger partial charge in [-0.25, -0.2) is 12.7 Å². The fraction of sp³-hybridized carbons (Fsp3) is 0.429. The molecule has 1 heterocycles. The van der Waals surface area contributed by atoms with E-state index in [2.05, 4.69) is 0 Å². The van der Waals surface area contributed by atoms with Gasteiger partial charge in [0.15, 0.2) is 0 Å². The Labute approximate surface area is 81.5 Å². The number of aliphatic hydroxyl groups excluding tert-OH is 1. The zero-order chi connectivity index (χ0) is 10.1. The van der Waals surface area contributed by atoms with Crippen LogP contribution in [0.5, 0.6) is 0 Å². The van der Waals surface area contributed by atoms with Crippen LogP contribution >= 0.6 is 11.3 Å². The van der Waals surface area contributed by atoms with Crippen molar-refractivity contribution < 1.29 is 13.5 Å². The lowest BCUT2D eigenvalue weighted by Gasteiger charge is -2.08. The lowest BCUT2D eigenvalue weighted by Crippen LogP contribution is -2.21. The Morgan fingerprint density at radius 3 is 2.46 bits per heavy atom. The van der Waals surface area contributed by atoms with Gasteiger partial charge < -0.3 is 5.11 Å². The predicted octanol–water partition coefficient (Wildman–Crippen LogP) is 0.491. The van der Waals surface area contributed by atoms with Crippen LogP contribution in [0.4, 0.5) is 0 Å². The van der Waals surface area contributed by atoms with Crippen molar-refractivity contribution >= 4 is 21.4 Å². The molecule has 1 rings (SSSR count). The number of hydrogen-bond donors (Lipinski definition) is 1. The van der Waals surface area contributed by atoms with E-state index in [1.54, 1.807) is 6.07 Å². The van der Waals surface area contributed by atoms with Crippen LogP contribution in [0.2, 0.25) is 0 Å². The summed E-state index contributed by atoms with van der Waals surface area (Å²) in [5, 5.41) is 8.76. The molecule has 4 nitrogen and oxygen atoms in total. The van der Waals surface area contributed by atoms with E-state index >= 15 is 0 Å². The van der Waals surface area contributed by atoms with Crippen LogP contribution in [0.1, 0.15) is 4.88 Å². The molecule has 1 N–H and O–H groups in total. The molecular formula is C7H11NO3S2. The molecule has 1 aromatic rings. The second kappa shape index (κ2) is 3.75. The normalized spacial score (nSPS) is 12.3. The number of aliphatic hydroxyl groups is 1. The standard InChI is InChI=1S/C7H11NO3S2/c1-8(2)13(10,11)7-4-3-6(5-9)12-7/h3-4,9H,5H2,1-2H3. The third-order valence-electron chi connectivity index (χ3n) is 1.53. The van der Waals surface area contributed by atoms with Crippen LogP contribution < -0.4 is 0 Å². The van der Waals surface area contributed by atoms with Crippen molar-refractivity contribution in [2.75, 3.05) is 14.1 Å². The number of nitrogens with zero attached hydrogens (tertiary/aromatic N) is 1. The van der Waals surface area contributed by atoms with Crippen LogP contribution in [0.15, 0.2) is 16.3 Å². The highest BCUT2D eigenvalue weighted by molar-refractivity contribution is 7.91. The van der Waals surface area contributed by atoms with E-state index in [9.17, 15) is 8.42 Å². The Morgan fingerprint density at radius 1 is 1.46 bits per heavy atom. The monoisotopic (exact) mass is 221 g/mol. The van der Waals surface area contributed by atoms with Crippen LogP contribution in [0, 0.1) is 0 Å². The number of sulfonamides is 1. The highest BCUT2D eigenvalue weighted by Crippen LogP contribution is 2.23. The summed E-state index contributed by atoms with van der Waals surface area (Å²) in [6.07, 6.45) is 0. The van der Waals surface area contributed by atoms with Gasteiger partial charge in [0.05, 0.1) is 6.61 Å². The number of hydrogen-bond acceptors (Lipinski definition) is 4. The molecule has 13 heavy (non-hydrogen) atoms. The fourth-order valence-electron chi connectivity index (χ4n) is 0.762. The molecule has 0 unspecified atom stereocenters. The Bertz CT molecular complexity index is 380. The summed E-state index contributed by atoms with van der Waals surface area (Å²) in [5.41, 5.74) is 0. The van der Waals surface area contributed by atoms with Gasteiger partial charge >= 0.3 is 0 Å². The molecule has 0 aromatic carbocycles. The maximum Gasteiger partial charge on any atom is 0.252 e. The SMILES string of the molecule is CN(C)S(=O)(=O)c1ccc(CO)s1. The second-order valence-electron chi connectivity index (χ2n) is 2.67. The van der Waals surface area contributed by atoms with Gasteiger partial charge in [-0.1, -0.05) is 0 Å². The van der Waals surface area contributed by atoms with Gasteiger partial charge in [-0.2, -0.15) is 0 Å². The molecule has 0 saturated carbocycles. The molecule has 0 amide bonds. The van der Waals surface area contributed by atoms with Crippen molar-refractivity contribution in [2.24, 2.45) is 0 Å². The highest BCUT2D eigenvalue weighted by Gasteiger charge is 2.18. The Hall–Kier alpha value is -0.430. The Morgan fingerprint density at radius 2 is 2.08 bits per heavy atom. The molecule has 74 valence electrons. The molecule has 0 aliphatic heterocycles. The molecule has 0 bridgehead atoms. The zero-order valence-corrected chi connectivity index (χ0v) is 9.02. The fourth-order valence-corrected chi connectivity index (χ4v) is 3.15. The molecule has 0 atom stereocenters. The van der Waals surface area contributed by atoms with Gasteiger partial charge in [0.25, 0.3) is 10.0 Å². The molecule has 1 aromatic heterocycles. The smallest absolute Gasteiger partial charge is 0.252 e. The average Bonchev–Trinajstić information content (AvgIpc) is 2.51. The average molecular weight is 221 g/mol. The van der Waals surface area contributed by atoms with Gasteiger partial charge in [0, 0.05) is 19.0 Å². The van der Waals surface area contributed by atoms with Crippen molar-refractivity contribution in [1.29, 1.82) is 0 Å². The first-order chi connectivity index (χ1) is 5.98. The van der Waals surface area contributed by atoms with E-state index in [0.29, 0.717) is 4.88 Å². The predicted molar refractivity (Wildman–Crippen MR) is 51.1 cm³/mol. The Kier molecular flexibility index (Phi) is 3.07.